The molecule has 0 atom stereocenters. The Morgan fingerprint density at radius 3 is 2.32 bits per heavy atom. The summed E-state index contributed by atoms with van der Waals surface area (Å²) in [5, 5.41) is 8.57. The van der Waals surface area contributed by atoms with Gasteiger partial charge >= 0.3 is 0 Å². The normalized spacial score (nSPS) is 18.4. The second-order valence-corrected chi connectivity index (χ2v) is 6.56. The molecule has 1 aromatic rings. The Morgan fingerprint density at radius 1 is 1.21 bits per heavy atom. The smallest absolute Gasteiger partial charge is 0.161 e. The van der Waals surface area contributed by atoms with Gasteiger partial charge < -0.3 is 10.6 Å². The zero-order chi connectivity index (χ0) is 14.2. The number of aryl methyl sites for hydroxylation is 1. The average molecular weight is 278 g/mol. The van der Waals surface area contributed by atoms with E-state index < -0.39 is 0 Å². The van der Waals surface area contributed by atoms with Crippen molar-refractivity contribution >= 4 is 23.0 Å². The van der Waals surface area contributed by atoms with Gasteiger partial charge in [0.15, 0.2) is 5.82 Å². The van der Waals surface area contributed by atoms with Crippen LogP contribution in [0.25, 0.3) is 0 Å². The summed E-state index contributed by atoms with van der Waals surface area (Å²) in [6.45, 7) is 10.5. The van der Waals surface area contributed by atoms with Gasteiger partial charge in [0.1, 0.15) is 4.99 Å². The Labute approximate surface area is 120 Å². The fourth-order valence-electron chi connectivity index (χ4n) is 2.44. The summed E-state index contributed by atoms with van der Waals surface area (Å²) < 4.78 is 0. The maximum Gasteiger partial charge on any atom is 0.161 e. The van der Waals surface area contributed by atoms with Crippen LogP contribution >= 0.6 is 12.2 Å². The highest BCUT2D eigenvalue weighted by atomic mass is 32.1. The van der Waals surface area contributed by atoms with Crippen molar-refractivity contribution < 1.29 is 0 Å². The number of rotatable bonds is 2. The highest BCUT2D eigenvalue weighted by Gasteiger charge is 2.28. The van der Waals surface area contributed by atoms with Crippen molar-refractivity contribution in [2.45, 2.75) is 40.5 Å². The summed E-state index contributed by atoms with van der Waals surface area (Å²) in [6, 6.07) is 0. The van der Waals surface area contributed by atoms with Gasteiger partial charge in [-0.1, -0.05) is 26.1 Å². The summed E-state index contributed by atoms with van der Waals surface area (Å²) in [6.07, 6.45) is 2.30. The first kappa shape index (κ1) is 14.2. The van der Waals surface area contributed by atoms with E-state index in [0.29, 0.717) is 10.4 Å². The number of hydrogen-bond donors (Lipinski definition) is 1. The van der Waals surface area contributed by atoms with E-state index >= 15 is 0 Å². The topological polar surface area (TPSA) is 55.0 Å². The van der Waals surface area contributed by atoms with Crippen LogP contribution < -0.4 is 10.6 Å². The molecule has 0 saturated carbocycles. The lowest BCUT2D eigenvalue weighted by molar-refractivity contribution is 0.279. The molecule has 2 heterocycles. The van der Waals surface area contributed by atoms with Crippen LogP contribution in [-0.2, 0) is 0 Å². The minimum Gasteiger partial charge on any atom is -0.389 e. The maximum atomic E-state index is 5.88. The highest BCUT2D eigenvalue weighted by Crippen LogP contribution is 2.33. The molecule has 1 aromatic heterocycles. The molecule has 1 aliphatic heterocycles. The Morgan fingerprint density at radius 2 is 1.79 bits per heavy atom. The Balaban J connectivity index is 2.36. The molecule has 2 N–H and O–H groups in total. The van der Waals surface area contributed by atoms with Crippen LogP contribution in [0.2, 0.25) is 0 Å². The fraction of sp³-hybridized carbons (Fsp3) is 0.643. The van der Waals surface area contributed by atoms with Crippen molar-refractivity contribution in [3.63, 3.8) is 0 Å². The second kappa shape index (κ2) is 5.04. The van der Waals surface area contributed by atoms with E-state index in [1.54, 1.807) is 0 Å². The second-order valence-electron chi connectivity index (χ2n) is 6.12. The third-order valence-corrected chi connectivity index (χ3v) is 4.30. The largest absolute Gasteiger partial charge is 0.389 e. The lowest BCUT2D eigenvalue weighted by atomic mass is 9.82. The molecular weight excluding hydrogens is 256 g/mol. The van der Waals surface area contributed by atoms with Gasteiger partial charge in [-0.25, -0.2) is 0 Å². The predicted octanol–water partition coefficient (Wildman–Crippen LogP) is 2.35. The van der Waals surface area contributed by atoms with Crippen LogP contribution in [-0.4, -0.2) is 28.3 Å². The van der Waals surface area contributed by atoms with E-state index in [2.05, 4.69) is 28.9 Å². The molecule has 0 amide bonds. The van der Waals surface area contributed by atoms with Crippen molar-refractivity contribution in [2.24, 2.45) is 11.1 Å². The van der Waals surface area contributed by atoms with E-state index in [1.165, 1.54) is 0 Å². The zero-order valence-electron chi connectivity index (χ0n) is 12.2. The van der Waals surface area contributed by atoms with Gasteiger partial charge in [0.25, 0.3) is 0 Å². The lowest BCUT2D eigenvalue weighted by Gasteiger charge is -2.38. The molecular formula is C14H22N4S. The molecule has 5 heteroatoms. The number of nitrogens with two attached hydrogens (primary N) is 1. The summed E-state index contributed by atoms with van der Waals surface area (Å²) in [4.78, 5) is 2.68. The summed E-state index contributed by atoms with van der Waals surface area (Å²) in [5.74, 6) is 0.853. The lowest BCUT2D eigenvalue weighted by Crippen LogP contribution is -2.39. The van der Waals surface area contributed by atoms with Gasteiger partial charge in [0.05, 0.1) is 11.3 Å². The standard InChI is InChI=1S/C14H22N4S/c1-9-10(2)16-17-13(11(9)12(15)19)18-7-5-14(3,4)6-8-18/h5-8H2,1-4H3,(H2,15,19). The Hall–Kier alpha value is -1.23. The molecule has 0 bridgehead atoms. The van der Waals surface area contributed by atoms with Crippen LogP contribution in [0, 0.1) is 19.3 Å². The number of nitrogens with zero attached hydrogens (tertiary/aromatic N) is 3. The van der Waals surface area contributed by atoms with Gasteiger partial charge in [-0.3, -0.25) is 0 Å². The summed E-state index contributed by atoms with van der Waals surface area (Å²) in [7, 11) is 0. The van der Waals surface area contributed by atoms with Crippen molar-refractivity contribution in [3.05, 3.63) is 16.8 Å². The quantitative estimate of drug-likeness (QED) is 0.842. The van der Waals surface area contributed by atoms with Crippen molar-refractivity contribution in [2.75, 3.05) is 18.0 Å². The molecule has 1 saturated heterocycles. The number of aromatic nitrogens is 2. The molecule has 0 aliphatic carbocycles. The summed E-state index contributed by atoms with van der Waals surface area (Å²) in [5.41, 5.74) is 9.12. The third kappa shape index (κ3) is 2.86. The number of piperidine rings is 1. The maximum absolute atomic E-state index is 5.88. The van der Waals surface area contributed by atoms with Gasteiger partial charge in [-0.05, 0) is 37.7 Å². The Kier molecular flexibility index (Phi) is 3.76. The molecule has 19 heavy (non-hydrogen) atoms. The first-order chi connectivity index (χ1) is 8.82. The van der Waals surface area contributed by atoms with Crippen LogP contribution in [0.15, 0.2) is 0 Å². The van der Waals surface area contributed by atoms with E-state index in [-0.39, 0.29) is 0 Å². The van der Waals surface area contributed by atoms with Crippen LogP contribution in [0.1, 0.15) is 43.5 Å². The van der Waals surface area contributed by atoms with E-state index in [0.717, 1.165) is 48.6 Å². The van der Waals surface area contributed by atoms with Gasteiger partial charge in [0, 0.05) is 13.1 Å². The molecule has 0 radical (unpaired) electrons. The Bertz CT molecular complexity index is 500. The van der Waals surface area contributed by atoms with Crippen molar-refractivity contribution in [1.82, 2.24) is 10.2 Å². The monoisotopic (exact) mass is 278 g/mol. The van der Waals surface area contributed by atoms with Crippen LogP contribution in [0.5, 0.6) is 0 Å². The molecule has 0 aromatic carbocycles. The predicted molar refractivity (Wildman–Crippen MR) is 82.6 cm³/mol. The molecule has 0 unspecified atom stereocenters. The van der Waals surface area contributed by atoms with E-state index in [1.807, 2.05) is 13.8 Å². The van der Waals surface area contributed by atoms with E-state index in [9.17, 15) is 0 Å². The molecule has 1 fully saturated rings. The highest BCUT2D eigenvalue weighted by molar-refractivity contribution is 7.80. The van der Waals surface area contributed by atoms with Gasteiger partial charge in [0.2, 0.25) is 0 Å². The number of hydrogen-bond acceptors (Lipinski definition) is 4. The average Bonchev–Trinajstić information content (AvgIpc) is 2.32. The van der Waals surface area contributed by atoms with Crippen molar-refractivity contribution in [3.8, 4) is 0 Å². The molecule has 104 valence electrons. The minimum absolute atomic E-state index is 0.410. The first-order valence-corrected chi connectivity index (χ1v) is 7.11. The van der Waals surface area contributed by atoms with Gasteiger partial charge in [-0.15, -0.1) is 5.10 Å². The summed E-state index contributed by atoms with van der Waals surface area (Å²) >= 11 is 5.19. The fourth-order valence-corrected chi connectivity index (χ4v) is 2.68. The molecule has 4 nitrogen and oxygen atoms in total. The molecule has 2 rings (SSSR count). The van der Waals surface area contributed by atoms with Gasteiger partial charge in [-0.2, -0.15) is 5.10 Å². The first-order valence-electron chi connectivity index (χ1n) is 6.70. The third-order valence-electron chi connectivity index (χ3n) is 4.10. The minimum atomic E-state index is 0.410. The zero-order valence-corrected chi connectivity index (χ0v) is 13.0. The molecule has 1 aliphatic rings. The van der Waals surface area contributed by atoms with Crippen LogP contribution in [0.3, 0.4) is 0 Å². The SMILES string of the molecule is Cc1nnc(N2CCC(C)(C)CC2)c(C(N)=S)c1C. The number of thiocarbonyl (C=S) groups is 1. The van der Waals surface area contributed by atoms with E-state index in [4.69, 9.17) is 18.0 Å². The number of anilines is 1. The van der Waals surface area contributed by atoms with Crippen LogP contribution in [0.4, 0.5) is 5.82 Å². The molecule has 0 spiro atoms. The van der Waals surface area contributed by atoms with Crippen molar-refractivity contribution in [1.29, 1.82) is 0 Å².